The van der Waals surface area contributed by atoms with Crippen LogP contribution in [0.3, 0.4) is 0 Å². The first-order chi connectivity index (χ1) is 14.5. The Hall–Kier alpha value is -3.53. The van der Waals surface area contributed by atoms with Crippen molar-refractivity contribution in [1.29, 1.82) is 0 Å². The molecule has 4 aromatic rings. The van der Waals surface area contributed by atoms with Crippen LogP contribution in [0.1, 0.15) is 22.7 Å². The van der Waals surface area contributed by atoms with Crippen LogP contribution in [0.4, 0.5) is 13.2 Å². The van der Waals surface area contributed by atoms with Gasteiger partial charge in [-0.15, -0.1) is 15.3 Å². The second-order valence-corrected chi connectivity index (χ2v) is 6.44. The molecule has 0 N–H and O–H groups in total. The number of alkyl halides is 3. The van der Waals surface area contributed by atoms with Gasteiger partial charge in [0.15, 0.2) is 5.69 Å². The molecule has 0 amide bonds. The summed E-state index contributed by atoms with van der Waals surface area (Å²) in [6.45, 7) is 0.0367. The molecule has 10 heteroatoms. The Labute approximate surface area is 169 Å². The van der Waals surface area contributed by atoms with Crippen LogP contribution in [0.5, 0.6) is 0 Å². The second-order valence-electron chi connectivity index (χ2n) is 6.44. The summed E-state index contributed by atoms with van der Waals surface area (Å²) in [6.07, 6.45) is -4.03. The maximum Gasteiger partial charge on any atom is 0.416 e. The Morgan fingerprint density at radius 2 is 1.80 bits per heavy atom. The highest BCUT2D eigenvalue weighted by molar-refractivity contribution is 5.52. The van der Waals surface area contributed by atoms with Crippen molar-refractivity contribution in [3.05, 3.63) is 77.3 Å². The van der Waals surface area contributed by atoms with Gasteiger partial charge in [0.05, 0.1) is 24.3 Å². The molecule has 30 heavy (non-hydrogen) atoms. The normalized spacial score (nSPS) is 11.7. The smallest absolute Gasteiger partial charge is 0.416 e. The first kappa shape index (κ1) is 19.8. The van der Waals surface area contributed by atoms with Gasteiger partial charge >= 0.3 is 6.18 Å². The molecule has 0 aliphatic rings. The van der Waals surface area contributed by atoms with E-state index in [-0.39, 0.29) is 23.9 Å². The average Bonchev–Trinajstić information content (AvgIpc) is 3.35. The number of aromatic nitrogens is 5. The van der Waals surface area contributed by atoms with Crippen molar-refractivity contribution in [3.8, 4) is 17.3 Å². The molecule has 7 nitrogen and oxygen atoms in total. The molecule has 0 fully saturated rings. The van der Waals surface area contributed by atoms with E-state index in [1.807, 2.05) is 30.3 Å². The van der Waals surface area contributed by atoms with E-state index in [0.29, 0.717) is 18.0 Å². The SMILES string of the molecule is COCc1c(-c2nnc(Cc3ccccc3)o2)nnn1-c1cccc(C(F)(F)F)c1. The Balaban J connectivity index is 1.69. The number of ether oxygens (including phenoxy) is 1. The number of methoxy groups -OCH3 is 1. The van der Waals surface area contributed by atoms with E-state index in [2.05, 4.69) is 20.5 Å². The highest BCUT2D eigenvalue weighted by Gasteiger charge is 2.31. The topological polar surface area (TPSA) is 78.9 Å². The van der Waals surface area contributed by atoms with Crippen LogP contribution in [0.15, 0.2) is 59.0 Å². The van der Waals surface area contributed by atoms with Gasteiger partial charge in [-0.2, -0.15) is 13.2 Å². The molecule has 0 spiro atoms. The summed E-state index contributed by atoms with van der Waals surface area (Å²) in [5, 5.41) is 16.1. The van der Waals surface area contributed by atoms with Crippen molar-refractivity contribution in [3.63, 3.8) is 0 Å². The lowest BCUT2D eigenvalue weighted by molar-refractivity contribution is -0.137. The summed E-state index contributed by atoms with van der Waals surface area (Å²) in [5.74, 6) is 0.499. The highest BCUT2D eigenvalue weighted by Crippen LogP contribution is 2.31. The van der Waals surface area contributed by atoms with Crippen LogP contribution < -0.4 is 0 Å². The van der Waals surface area contributed by atoms with Gasteiger partial charge in [-0.05, 0) is 23.8 Å². The molecule has 0 unspecified atom stereocenters. The van der Waals surface area contributed by atoms with Crippen molar-refractivity contribution in [2.24, 2.45) is 0 Å². The number of hydrogen-bond donors (Lipinski definition) is 0. The van der Waals surface area contributed by atoms with Crippen LogP contribution >= 0.6 is 0 Å². The van der Waals surface area contributed by atoms with Gasteiger partial charge in [0, 0.05) is 7.11 Å². The van der Waals surface area contributed by atoms with E-state index in [4.69, 9.17) is 9.15 Å². The van der Waals surface area contributed by atoms with Crippen LogP contribution in [0.2, 0.25) is 0 Å². The molecule has 154 valence electrons. The van der Waals surface area contributed by atoms with Crippen LogP contribution in [-0.4, -0.2) is 32.3 Å². The molecule has 4 rings (SSSR count). The van der Waals surface area contributed by atoms with Gasteiger partial charge in [-0.3, -0.25) is 0 Å². The van der Waals surface area contributed by atoms with Crippen molar-refractivity contribution >= 4 is 0 Å². The van der Waals surface area contributed by atoms with Gasteiger partial charge in [-0.1, -0.05) is 41.6 Å². The first-order valence-electron chi connectivity index (χ1n) is 8.93. The Morgan fingerprint density at radius 3 is 2.53 bits per heavy atom. The molecule has 2 aromatic heterocycles. The largest absolute Gasteiger partial charge is 0.419 e. The molecule has 0 saturated heterocycles. The predicted molar refractivity (Wildman–Crippen MR) is 99.6 cm³/mol. The first-order valence-corrected chi connectivity index (χ1v) is 8.93. The van der Waals surface area contributed by atoms with Crippen molar-refractivity contribution in [1.82, 2.24) is 25.2 Å². The monoisotopic (exact) mass is 415 g/mol. The van der Waals surface area contributed by atoms with E-state index in [0.717, 1.165) is 17.7 Å². The molecule has 0 aliphatic heterocycles. The molecule has 0 radical (unpaired) electrons. The second kappa shape index (κ2) is 8.07. The van der Waals surface area contributed by atoms with Crippen molar-refractivity contribution in [2.75, 3.05) is 7.11 Å². The minimum Gasteiger partial charge on any atom is -0.419 e. The summed E-state index contributed by atoms with van der Waals surface area (Å²) in [7, 11) is 1.46. The Morgan fingerprint density at radius 1 is 1.00 bits per heavy atom. The van der Waals surface area contributed by atoms with E-state index in [9.17, 15) is 13.2 Å². The van der Waals surface area contributed by atoms with Gasteiger partial charge in [0.1, 0.15) is 5.69 Å². The maximum atomic E-state index is 13.1. The summed E-state index contributed by atoms with van der Waals surface area (Å²) in [4.78, 5) is 0. The molecular formula is C20H16F3N5O2. The third-order valence-corrected chi connectivity index (χ3v) is 4.33. The fourth-order valence-electron chi connectivity index (χ4n) is 2.95. The highest BCUT2D eigenvalue weighted by atomic mass is 19.4. The van der Waals surface area contributed by atoms with Gasteiger partial charge in [0.25, 0.3) is 5.89 Å². The molecule has 0 bridgehead atoms. The number of benzene rings is 2. The molecule has 2 heterocycles. The summed E-state index contributed by atoms with van der Waals surface area (Å²) in [6, 6.07) is 14.4. The molecule has 0 atom stereocenters. The maximum absolute atomic E-state index is 13.1. The molecule has 0 saturated carbocycles. The minimum absolute atomic E-state index is 0.0367. The van der Waals surface area contributed by atoms with E-state index in [1.165, 1.54) is 23.9 Å². The lowest BCUT2D eigenvalue weighted by Gasteiger charge is -2.10. The standard InChI is InChI=1S/C20H16F3N5O2/c1-29-12-16-18(19-26-24-17(30-19)10-13-6-3-2-4-7-13)25-27-28(16)15-9-5-8-14(11-15)20(21,22)23/h2-9,11H,10,12H2,1H3. The van der Waals surface area contributed by atoms with Crippen molar-refractivity contribution < 1.29 is 22.3 Å². The fourth-order valence-corrected chi connectivity index (χ4v) is 2.95. The summed E-state index contributed by atoms with van der Waals surface area (Å²) in [5.41, 5.74) is 1.05. The third-order valence-electron chi connectivity index (χ3n) is 4.33. The van der Waals surface area contributed by atoms with E-state index in [1.54, 1.807) is 0 Å². The summed E-state index contributed by atoms with van der Waals surface area (Å²) >= 11 is 0. The zero-order valence-electron chi connectivity index (χ0n) is 15.8. The van der Waals surface area contributed by atoms with Gasteiger partial charge in [-0.25, -0.2) is 4.68 Å². The number of hydrogen-bond acceptors (Lipinski definition) is 6. The zero-order chi connectivity index (χ0) is 21.1. The summed E-state index contributed by atoms with van der Waals surface area (Å²) < 4.78 is 51.4. The van der Waals surface area contributed by atoms with Gasteiger partial charge < -0.3 is 9.15 Å². The quantitative estimate of drug-likeness (QED) is 0.472. The van der Waals surface area contributed by atoms with Crippen molar-refractivity contribution in [2.45, 2.75) is 19.2 Å². The van der Waals surface area contributed by atoms with E-state index >= 15 is 0 Å². The van der Waals surface area contributed by atoms with Crippen LogP contribution in [0, 0.1) is 0 Å². The predicted octanol–water partition coefficient (Wildman–Crippen LogP) is 4.07. The number of rotatable bonds is 6. The molecule has 2 aromatic carbocycles. The minimum atomic E-state index is -4.47. The Kier molecular flexibility index (Phi) is 5.32. The number of nitrogens with zero attached hydrogens (tertiary/aromatic N) is 5. The van der Waals surface area contributed by atoms with Crippen LogP contribution in [0.25, 0.3) is 17.3 Å². The fraction of sp³-hybridized carbons (Fsp3) is 0.200. The van der Waals surface area contributed by atoms with E-state index < -0.39 is 11.7 Å². The van der Waals surface area contributed by atoms with Crippen LogP contribution in [-0.2, 0) is 23.9 Å². The molecular weight excluding hydrogens is 399 g/mol. The third kappa shape index (κ3) is 4.08. The zero-order valence-corrected chi connectivity index (χ0v) is 15.8. The lowest BCUT2D eigenvalue weighted by Crippen LogP contribution is -2.08. The Bertz CT molecular complexity index is 1140. The average molecular weight is 415 g/mol. The lowest BCUT2D eigenvalue weighted by atomic mass is 10.2. The number of halogens is 3. The van der Waals surface area contributed by atoms with Gasteiger partial charge in [0.2, 0.25) is 5.89 Å². The molecule has 0 aliphatic carbocycles.